The Labute approximate surface area is 161 Å². The topological polar surface area (TPSA) is 95.7 Å². The third kappa shape index (κ3) is 6.14. The van der Waals surface area contributed by atoms with Crippen LogP contribution >= 0.6 is 0 Å². The van der Waals surface area contributed by atoms with E-state index in [9.17, 15) is 13.5 Å². The summed E-state index contributed by atoms with van der Waals surface area (Å²) in [5.41, 5.74) is 1.49. The molecule has 2 N–H and O–H groups in total. The van der Waals surface area contributed by atoms with E-state index in [1.54, 1.807) is 22.9 Å². The van der Waals surface area contributed by atoms with E-state index in [4.69, 9.17) is 5.11 Å². The fourth-order valence-corrected chi connectivity index (χ4v) is 4.44. The van der Waals surface area contributed by atoms with E-state index in [2.05, 4.69) is 4.98 Å². The summed E-state index contributed by atoms with van der Waals surface area (Å²) in [6.07, 6.45) is 0.750. The fraction of sp³-hybridized carbons (Fsp3) is 0.526. The molecule has 1 aromatic heterocycles. The highest BCUT2D eigenvalue weighted by Gasteiger charge is 2.25. The highest BCUT2D eigenvalue weighted by Crippen LogP contribution is 2.20. The van der Waals surface area contributed by atoms with Crippen LogP contribution in [0.2, 0.25) is 0 Å². The zero-order valence-electron chi connectivity index (χ0n) is 16.1. The van der Waals surface area contributed by atoms with Crippen molar-refractivity contribution >= 4 is 9.84 Å². The lowest BCUT2D eigenvalue weighted by Gasteiger charge is -2.21. The van der Waals surface area contributed by atoms with Gasteiger partial charge < -0.3 is 14.8 Å². The Morgan fingerprint density at radius 2 is 1.89 bits per heavy atom. The first-order valence-electron chi connectivity index (χ1n) is 9.01. The van der Waals surface area contributed by atoms with E-state index in [1.165, 1.54) is 0 Å². The number of benzene rings is 1. The number of imidazole rings is 1. The van der Waals surface area contributed by atoms with Crippen LogP contribution in [0.1, 0.15) is 25.1 Å². The highest BCUT2D eigenvalue weighted by molar-refractivity contribution is 7.90. The lowest BCUT2D eigenvalue weighted by molar-refractivity contribution is 0.0641. The van der Waals surface area contributed by atoms with Crippen LogP contribution in [-0.2, 0) is 28.7 Å². The summed E-state index contributed by atoms with van der Waals surface area (Å²) in [5, 5.41) is 18.7. The van der Waals surface area contributed by atoms with E-state index < -0.39 is 15.9 Å². The van der Waals surface area contributed by atoms with Gasteiger partial charge in [-0.2, -0.15) is 0 Å². The number of rotatable bonds is 10. The Balaban J connectivity index is 2.29. The maximum atomic E-state index is 13.0. The first-order valence-corrected chi connectivity index (χ1v) is 10.7. The molecule has 1 atom stereocenters. The fourth-order valence-electron chi connectivity index (χ4n) is 2.94. The Hall–Kier alpha value is -1.74. The molecule has 2 aromatic rings. The van der Waals surface area contributed by atoms with Crippen LogP contribution in [-0.4, -0.2) is 59.4 Å². The molecule has 1 aromatic carbocycles. The molecule has 7 nitrogen and oxygen atoms in total. The zero-order valence-corrected chi connectivity index (χ0v) is 16.9. The van der Waals surface area contributed by atoms with Crippen LogP contribution in [0.5, 0.6) is 0 Å². The van der Waals surface area contributed by atoms with Crippen LogP contribution < -0.4 is 0 Å². The van der Waals surface area contributed by atoms with Gasteiger partial charge in [0, 0.05) is 19.6 Å². The van der Waals surface area contributed by atoms with Crippen LogP contribution in [0.3, 0.4) is 0 Å². The van der Waals surface area contributed by atoms with Crippen molar-refractivity contribution in [2.24, 2.45) is 5.92 Å². The average Bonchev–Trinajstić information content (AvgIpc) is 2.97. The van der Waals surface area contributed by atoms with Gasteiger partial charge in [0.25, 0.3) is 0 Å². The van der Waals surface area contributed by atoms with E-state index in [1.807, 2.05) is 44.0 Å². The van der Waals surface area contributed by atoms with Gasteiger partial charge in [-0.15, -0.1) is 0 Å². The number of aliphatic hydroxyl groups is 2. The molecule has 0 aliphatic rings. The maximum Gasteiger partial charge on any atom is 0.228 e. The number of hydrogen-bond acceptors (Lipinski definition) is 6. The minimum absolute atomic E-state index is 0.0751. The normalized spacial score (nSPS) is 13.4. The van der Waals surface area contributed by atoms with Crippen LogP contribution in [0.25, 0.3) is 0 Å². The van der Waals surface area contributed by atoms with E-state index >= 15 is 0 Å². The minimum Gasteiger partial charge on any atom is -0.394 e. The van der Waals surface area contributed by atoms with Crippen LogP contribution in [0.4, 0.5) is 0 Å². The SMILES string of the molecule is CC(C)Cn1c(CN(C)CC(O)CO)cnc1S(=O)(=O)Cc1ccccc1. The summed E-state index contributed by atoms with van der Waals surface area (Å²) in [6, 6.07) is 9.07. The summed E-state index contributed by atoms with van der Waals surface area (Å²) < 4.78 is 27.7. The van der Waals surface area contributed by atoms with Crippen molar-refractivity contribution in [2.75, 3.05) is 20.2 Å². The summed E-state index contributed by atoms with van der Waals surface area (Å²) in [5.74, 6) is 0.151. The Morgan fingerprint density at radius 3 is 2.48 bits per heavy atom. The second-order valence-corrected chi connectivity index (χ2v) is 9.20. The van der Waals surface area contributed by atoms with Gasteiger partial charge in [0.1, 0.15) is 0 Å². The van der Waals surface area contributed by atoms with Crippen molar-refractivity contribution < 1.29 is 18.6 Å². The molecule has 1 unspecified atom stereocenters. The molecule has 0 amide bonds. The first-order chi connectivity index (χ1) is 12.7. The predicted octanol–water partition coefficient (Wildman–Crippen LogP) is 1.30. The number of nitrogens with zero attached hydrogens (tertiary/aromatic N) is 3. The van der Waals surface area contributed by atoms with Gasteiger partial charge in [-0.05, 0) is 18.5 Å². The molecule has 1 heterocycles. The predicted molar refractivity (Wildman–Crippen MR) is 104 cm³/mol. The molecule has 0 saturated heterocycles. The molecule has 0 fully saturated rings. The number of aromatic nitrogens is 2. The molecule has 0 aliphatic heterocycles. The summed E-state index contributed by atoms with van der Waals surface area (Å²) >= 11 is 0. The van der Waals surface area contributed by atoms with Crippen molar-refractivity contribution in [1.82, 2.24) is 14.5 Å². The molecular formula is C19H29N3O4S. The van der Waals surface area contributed by atoms with Gasteiger partial charge >= 0.3 is 0 Å². The number of sulfone groups is 1. The van der Waals surface area contributed by atoms with E-state index in [-0.39, 0.29) is 30.0 Å². The average molecular weight is 396 g/mol. The maximum absolute atomic E-state index is 13.0. The van der Waals surface area contributed by atoms with Gasteiger partial charge in [-0.1, -0.05) is 44.2 Å². The number of hydrogen-bond donors (Lipinski definition) is 2. The molecule has 0 aliphatic carbocycles. The summed E-state index contributed by atoms with van der Waals surface area (Å²) in [4.78, 5) is 6.06. The number of likely N-dealkylation sites (N-methyl/N-ethyl adjacent to an activating group) is 1. The van der Waals surface area contributed by atoms with Gasteiger partial charge in [-0.3, -0.25) is 4.90 Å². The van der Waals surface area contributed by atoms with Crippen molar-refractivity contribution in [3.63, 3.8) is 0 Å². The van der Waals surface area contributed by atoms with E-state index in [0.717, 1.165) is 11.3 Å². The molecule has 27 heavy (non-hydrogen) atoms. The molecule has 0 spiro atoms. The minimum atomic E-state index is -3.59. The molecule has 150 valence electrons. The lowest BCUT2D eigenvalue weighted by atomic mass is 10.2. The molecular weight excluding hydrogens is 366 g/mol. The molecule has 8 heteroatoms. The van der Waals surface area contributed by atoms with Gasteiger partial charge in [0.05, 0.1) is 30.4 Å². The monoisotopic (exact) mass is 395 g/mol. The van der Waals surface area contributed by atoms with Crippen molar-refractivity contribution in [1.29, 1.82) is 0 Å². The molecule has 2 rings (SSSR count). The Bertz CT molecular complexity index is 819. The largest absolute Gasteiger partial charge is 0.394 e. The van der Waals surface area contributed by atoms with Crippen molar-refractivity contribution in [2.45, 2.75) is 44.0 Å². The smallest absolute Gasteiger partial charge is 0.228 e. The first kappa shape index (κ1) is 21.6. The van der Waals surface area contributed by atoms with Gasteiger partial charge in [0.15, 0.2) is 0 Å². The highest BCUT2D eigenvalue weighted by atomic mass is 32.2. The van der Waals surface area contributed by atoms with Crippen molar-refractivity contribution in [3.8, 4) is 0 Å². The zero-order chi connectivity index (χ0) is 20.0. The second kappa shape index (κ2) is 9.45. The molecule has 0 radical (unpaired) electrons. The van der Waals surface area contributed by atoms with Gasteiger partial charge in [-0.25, -0.2) is 13.4 Å². The molecule has 0 saturated carbocycles. The second-order valence-electron chi connectivity index (χ2n) is 7.31. The van der Waals surface area contributed by atoms with E-state index in [0.29, 0.717) is 13.1 Å². The lowest BCUT2D eigenvalue weighted by Crippen LogP contribution is -2.32. The molecule has 0 bridgehead atoms. The van der Waals surface area contributed by atoms with Crippen molar-refractivity contribution in [3.05, 3.63) is 47.8 Å². The van der Waals surface area contributed by atoms with Crippen LogP contribution in [0.15, 0.2) is 41.7 Å². The summed E-state index contributed by atoms with van der Waals surface area (Å²) in [7, 11) is -1.78. The Kier molecular flexibility index (Phi) is 7.55. The number of aliphatic hydroxyl groups excluding tert-OH is 2. The third-order valence-corrected chi connectivity index (χ3v) is 5.69. The van der Waals surface area contributed by atoms with Crippen LogP contribution in [0, 0.1) is 5.92 Å². The quantitative estimate of drug-likeness (QED) is 0.630. The third-order valence-electron chi connectivity index (χ3n) is 4.09. The van der Waals surface area contributed by atoms with Gasteiger partial charge in [0.2, 0.25) is 15.0 Å². The Morgan fingerprint density at radius 1 is 1.22 bits per heavy atom. The standard InChI is InChI=1S/C19H29N3O4S/c1-15(2)10-22-17(11-21(3)12-18(24)13-23)9-20-19(22)27(25,26)14-16-7-5-4-6-8-16/h4-9,15,18,23-24H,10-14H2,1-3H3. The summed E-state index contributed by atoms with van der Waals surface area (Å²) in [6.45, 7) is 4.99.